The molecule has 0 unspecified atom stereocenters. The Labute approximate surface area is 115 Å². The van der Waals surface area contributed by atoms with Gasteiger partial charge in [0.2, 0.25) is 5.95 Å². The number of unbranched alkanes of at least 4 members (excludes halogenated alkanes) is 1. The van der Waals surface area contributed by atoms with Gasteiger partial charge in [-0.3, -0.25) is 14.3 Å². The maximum absolute atomic E-state index is 12.0. The summed E-state index contributed by atoms with van der Waals surface area (Å²) in [4.78, 5) is 30.2. The molecule has 0 radical (unpaired) electrons. The number of anilines is 1. The van der Waals surface area contributed by atoms with Gasteiger partial charge >= 0.3 is 5.69 Å². The van der Waals surface area contributed by atoms with E-state index in [0.29, 0.717) is 30.2 Å². The van der Waals surface area contributed by atoms with Gasteiger partial charge in [-0.05, 0) is 6.42 Å². The number of hydrogen-bond donors (Lipinski definition) is 3. The molecule has 0 saturated carbocycles. The summed E-state index contributed by atoms with van der Waals surface area (Å²) in [6.45, 7) is 2.98. The molecule has 0 aromatic carbocycles. The fourth-order valence-corrected chi connectivity index (χ4v) is 2.07. The molecule has 2 heterocycles. The third-order valence-corrected chi connectivity index (χ3v) is 3.14. The lowest BCUT2D eigenvalue weighted by molar-refractivity contribution is 0.310. The van der Waals surface area contributed by atoms with E-state index in [4.69, 9.17) is 5.11 Å². The van der Waals surface area contributed by atoms with Crippen LogP contribution in [0.15, 0.2) is 9.59 Å². The number of aliphatic hydroxyl groups is 1. The third-order valence-electron chi connectivity index (χ3n) is 3.14. The summed E-state index contributed by atoms with van der Waals surface area (Å²) in [5.41, 5.74) is -0.212. The average Bonchev–Trinajstić information content (AvgIpc) is 2.79. The summed E-state index contributed by atoms with van der Waals surface area (Å²) < 4.78 is 3.07. The molecule has 0 spiro atoms. The molecule has 0 aliphatic heterocycles. The molecule has 8 heteroatoms. The molecule has 110 valence electrons. The first kappa shape index (κ1) is 14.3. The molecule has 0 saturated heterocycles. The molecule has 0 atom stereocenters. The van der Waals surface area contributed by atoms with Crippen LogP contribution in [0.1, 0.15) is 19.8 Å². The molecule has 0 fully saturated rings. The minimum absolute atomic E-state index is 0.0354. The Morgan fingerprint density at radius 2 is 2.15 bits per heavy atom. The van der Waals surface area contributed by atoms with E-state index < -0.39 is 11.2 Å². The summed E-state index contributed by atoms with van der Waals surface area (Å²) in [6, 6.07) is 0. The molecule has 0 amide bonds. The number of H-pyrrole nitrogens is 1. The van der Waals surface area contributed by atoms with Crippen molar-refractivity contribution in [3.05, 3.63) is 20.8 Å². The van der Waals surface area contributed by atoms with Crippen LogP contribution in [0, 0.1) is 0 Å². The summed E-state index contributed by atoms with van der Waals surface area (Å²) in [5, 5.41) is 11.9. The fourth-order valence-electron chi connectivity index (χ4n) is 2.07. The van der Waals surface area contributed by atoms with Gasteiger partial charge in [-0.15, -0.1) is 0 Å². The summed E-state index contributed by atoms with van der Waals surface area (Å²) in [5.74, 6) is 0.495. The van der Waals surface area contributed by atoms with E-state index in [1.165, 1.54) is 4.57 Å². The van der Waals surface area contributed by atoms with E-state index in [1.807, 2.05) is 0 Å². The van der Waals surface area contributed by atoms with Crippen LogP contribution in [0.5, 0.6) is 0 Å². The van der Waals surface area contributed by atoms with E-state index in [1.54, 1.807) is 11.6 Å². The van der Waals surface area contributed by atoms with Crippen molar-refractivity contribution in [2.24, 2.45) is 7.05 Å². The number of aromatic nitrogens is 4. The normalized spacial score (nSPS) is 11.2. The van der Waals surface area contributed by atoms with E-state index in [-0.39, 0.29) is 6.61 Å². The first-order valence-electron chi connectivity index (χ1n) is 6.64. The highest BCUT2D eigenvalue weighted by atomic mass is 16.3. The largest absolute Gasteiger partial charge is 0.395 e. The van der Waals surface area contributed by atoms with Crippen LogP contribution in [0.25, 0.3) is 11.2 Å². The Bertz CT molecular complexity index is 712. The Morgan fingerprint density at radius 3 is 2.80 bits per heavy atom. The standard InChI is InChI=1S/C12H19N5O3/c1-3-4-6-17-8-9(14-11(17)13-5-7-18)16(2)12(20)15-10(8)19/h18H,3-7H2,1-2H3,(H,13,14)(H,15,19,20). The minimum atomic E-state index is -0.489. The zero-order valence-electron chi connectivity index (χ0n) is 11.6. The highest BCUT2D eigenvalue weighted by molar-refractivity contribution is 5.74. The lowest BCUT2D eigenvalue weighted by atomic mass is 10.3. The molecule has 0 aliphatic carbocycles. The van der Waals surface area contributed by atoms with Gasteiger partial charge in [-0.1, -0.05) is 13.3 Å². The van der Waals surface area contributed by atoms with Gasteiger partial charge in [0.05, 0.1) is 6.61 Å². The third kappa shape index (κ3) is 2.46. The number of rotatable bonds is 6. The van der Waals surface area contributed by atoms with Crippen LogP contribution < -0.4 is 16.6 Å². The molecule has 20 heavy (non-hydrogen) atoms. The number of nitrogens with zero attached hydrogens (tertiary/aromatic N) is 3. The number of aryl methyl sites for hydroxylation is 2. The Kier molecular flexibility index (Phi) is 4.23. The number of hydrogen-bond acceptors (Lipinski definition) is 5. The van der Waals surface area contributed by atoms with Crippen molar-refractivity contribution in [2.45, 2.75) is 26.3 Å². The van der Waals surface area contributed by atoms with Crippen molar-refractivity contribution in [1.82, 2.24) is 19.1 Å². The first-order valence-corrected chi connectivity index (χ1v) is 6.64. The van der Waals surface area contributed by atoms with Crippen molar-refractivity contribution in [2.75, 3.05) is 18.5 Å². The summed E-state index contributed by atoms with van der Waals surface area (Å²) >= 11 is 0. The molecule has 2 aromatic rings. The van der Waals surface area contributed by atoms with Crippen LogP contribution in [0.2, 0.25) is 0 Å². The molecular weight excluding hydrogens is 262 g/mol. The predicted molar refractivity (Wildman–Crippen MR) is 76.1 cm³/mol. The van der Waals surface area contributed by atoms with Gasteiger partial charge in [0.15, 0.2) is 11.2 Å². The molecule has 3 N–H and O–H groups in total. The second-order valence-electron chi connectivity index (χ2n) is 4.58. The Morgan fingerprint density at radius 1 is 1.40 bits per heavy atom. The predicted octanol–water partition coefficient (Wildman–Crippen LogP) is -0.372. The highest BCUT2D eigenvalue weighted by Crippen LogP contribution is 2.16. The Hall–Kier alpha value is -2.09. The van der Waals surface area contributed by atoms with Gasteiger partial charge in [0, 0.05) is 20.1 Å². The van der Waals surface area contributed by atoms with E-state index in [0.717, 1.165) is 12.8 Å². The number of fused-ring (bicyclic) bond motifs is 1. The smallest absolute Gasteiger partial charge is 0.329 e. The van der Waals surface area contributed by atoms with Gasteiger partial charge in [0.25, 0.3) is 5.56 Å². The monoisotopic (exact) mass is 281 g/mol. The Balaban J connectivity index is 2.65. The van der Waals surface area contributed by atoms with Crippen molar-refractivity contribution in [3.8, 4) is 0 Å². The van der Waals surface area contributed by atoms with E-state index in [2.05, 4.69) is 22.2 Å². The average molecular weight is 281 g/mol. The zero-order valence-corrected chi connectivity index (χ0v) is 11.6. The van der Waals surface area contributed by atoms with Crippen molar-refractivity contribution >= 4 is 17.1 Å². The minimum Gasteiger partial charge on any atom is -0.395 e. The van der Waals surface area contributed by atoms with Crippen molar-refractivity contribution in [1.29, 1.82) is 0 Å². The second kappa shape index (κ2) is 5.91. The number of imidazole rings is 1. The zero-order chi connectivity index (χ0) is 14.7. The van der Waals surface area contributed by atoms with Crippen LogP contribution in [0.4, 0.5) is 5.95 Å². The van der Waals surface area contributed by atoms with E-state index >= 15 is 0 Å². The van der Waals surface area contributed by atoms with Crippen LogP contribution in [0.3, 0.4) is 0 Å². The molecule has 2 aromatic heterocycles. The molecule has 0 bridgehead atoms. The first-order chi connectivity index (χ1) is 9.60. The SMILES string of the molecule is CCCCn1c(NCCO)nc2c1c(=O)[nH]c(=O)n2C. The number of nitrogens with one attached hydrogen (secondary N) is 2. The molecule has 2 rings (SSSR count). The van der Waals surface area contributed by atoms with Crippen molar-refractivity contribution < 1.29 is 5.11 Å². The van der Waals surface area contributed by atoms with Gasteiger partial charge in [-0.2, -0.15) is 4.98 Å². The van der Waals surface area contributed by atoms with Gasteiger partial charge < -0.3 is 15.0 Å². The van der Waals surface area contributed by atoms with Crippen molar-refractivity contribution in [3.63, 3.8) is 0 Å². The summed E-state index contributed by atoms with van der Waals surface area (Å²) in [6.07, 6.45) is 1.87. The molecular formula is C12H19N5O3. The highest BCUT2D eigenvalue weighted by Gasteiger charge is 2.16. The molecule has 0 aliphatic rings. The second-order valence-corrected chi connectivity index (χ2v) is 4.58. The summed E-state index contributed by atoms with van der Waals surface area (Å²) in [7, 11) is 1.56. The lowest BCUT2D eigenvalue weighted by Gasteiger charge is -2.08. The van der Waals surface area contributed by atoms with E-state index in [9.17, 15) is 9.59 Å². The number of aliphatic hydroxyl groups excluding tert-OH is 1. The maximum Gasteiger partial charge on any atom is 0.329 e. The van der Waals surface area contributed by atoms with Crippen LogP contribution in [-0.4, -0.2) is 37.4 Å². The van der Waals surface area contributed by atoms with Crippen LogP contribution >= 0.6 is 0 Å². The topological polar surface area (TPSA) is 105 Å². The number of aromatic amines is 1. The van der Waals surface area contributed by atoms with Gasteiger partial charge in [-0.25, -0.2) is 4.79 Å². The van der Waals surface area contributed by atoms with Crippen LogP contribution in [-0.2, 0) is 13.6 Å². The molecule has 8 nitrogen and oxygen atoms in total. The quantitative estimate of drug-likeness (QED) is 0.670. The maximum atomic E-state index is 12.0. The fraction of sp³-hybridized carbons (Fsp3) is 0.583. The lowest BCUT2D eigenvalue weighted by Crippen LogP contribution is -2.29. The van der Waals surface area contributed by atoms with Gasteiger partial charge in [0.1, 0.15) is 0 Å².